The fraction of sp³-hybridized carbons (Fsp3) is 0.480. The Labute approximate surface area is 220 Å². The van der Waals surface area contributed by atoms with E-state index in [4.69, 9.17) is 19.5 Å². The molecule has 5 radical (unpaired) electrons. The molecule has 1 aromatic rings. The summed E-state index contributed by atoms with van der Waals surface area (Å²) in [5.74, 6) is 2.58. The smallest absolute Gasteiger partial charge is 0.668 e. The van der Waals surface area contributed by atoms with E-state index in [1.54, 1.807) is 28.2 Å². The fourth-order valence-corrected chi connectivity index (χ4v) is 3.96. The van der Waals surface area contributed by atoms with Crippen molar-refractivity contribution in [2.24, 2.45) is 9.98 Å². The summed E-state index contributed by atoms with van der Waals surface area (Å²) in [6.45, 7) is 9.51. The van der Waals surface area contributed by atoms with E-state index < -0.39 is 6.15 Å². The summed E-state index contributed by atoms with van der Waals surface area (Å²) in [4.78, 5) is 9.96. The molecule has 6 nitrogen and oxygen atoms in total. The van der Waals surface area contributed by atoms with Crippen LogP contribution in [0.1, 0.15) is 27.7 Å². The fourth-order valence-electron chi connectivity index (χ4n) is 3.96. The van der Waals surface area contributed by atoms with E-state index >= 15 is 0 Å². The molecule has 8 heteroatoms. The Balaban J connectivity index is 0.000000706. The van der Waals surface area contributed by atoms with Gasteiger partial charge in [-0.3, -0.25) is 9.98 Å². The molecule has 3 aliphatic rings. The molecule has 0 atom stereocenters. The summed E-state index contributed by atoms with van der Waals surface area (Å²) in [6.07, 6.45) is 6.70. The van der Waals surface area contributed by atoms with Crippen LogP contribution < -0.4 is 5.46 Å². The molecule has 2 aliphatic heterocycles. The van der Waals surface area contributed by atoms with E-state index in [-0.39, 0.29) is 37.3 Å². The van der Waals surface area contributed by atoms with Crippen LogP contribution in [-0.2, 0) is 35.7 Å². The van der Waals surface area contributed by atoms with Gasteiger partial charge < -0.3 is 20.1 Å². The molecule has 4 rings (SSSR count). The molecule has 33 heavy (non-hydrogen) atoms. The maximum atomic E-state index is 6.21. The van der Waals surface area contributed by atoms with Crippen LogP contribution in [0.25, 0.3) is 10.6 Å². The number of ether oxygens (including phenoxy) is 2. The third-order valence-corrected chi connectivity index (χ3v) is 5.20. The van der Waals surface area contributed by atoms with E-state index in [1.165, 1.54) is 0 Å². The minimum absolute atomic E-state index is 0. The topological polar surface area (TPSA) is 71.4 Å². The van der Waals surface area contributed by atoms with E-state index in [0.717, 1.165) is 22.9 Å². The first-order chi connectivity index (χ1) is 15.2. The summed E-state index contributed by atoms with van der Waals surface area (Å²) in [7, 11) is 7.00. The van der Waals surface area contributed by atoms with Gasteiger partial charge in [-0.1, -0.05) is 43.2 Å². The van der Waals surface area contributed by atoms with Crippen LogP contribution in [0.4, 0.5) is 0 Å². The molecule has 1 saturated carbocycles. The summed E-state index contributed by atoms with van der Waals surface area (Å²) < 4.78 is 12.4. The largest absolute Gasteiger partial charge is 4.00 e. The van der Waals surface area contributed by atoms with Gasteiger partial charge in [0.05, 0.1) is 11.1 Å². The van der Waals surface area contributed by atoms with Gasteiger partial charge in [0, 0.05) is 11.6 Å². The van der Waals surface area contributed by atoms with Gasteiger partial charge in [-0.05, 0) is 40.5 Å². The average Bonchev–Trinajstić information content (AvgIpc) is 3.46. The molecule has 175 valence electrons. The second kappa shape index (κ2) is 13.2. The molecule has 2 heterocycles. The van der Waals surface area contributed by atoms with Gasteiger partial charge >= 0.3 is 26.2 Å². The first-order valence-electron chi connectivity index (χ1n) is 11.0. The zero-order valence-corrected chi connectivity index (χ0v) is 23.8. The van der Waals surface area contributed by atoms with Crippen molar-refractivity contribution in [2.45, 2.75) is 38.8 Å². The number of hydrogen-bond acceptors (Lipinski definition) is 4. The van der Waals surface area contributed by atoms with Crippen molar-refractivity contribution < 1.29 is 35.7 Å². The zero-order valence-electron chi connectivity index (χ0n) is 21.3. The Morgan fingerprint density at radius 3 is 1.48 bits per heavy atom. The summed E-state index contributed by atoms with van der Waals surface area (Å²) in [5.41, 5.74) is 0.614. The third kappa shape index (κ3) is 7.26. The maximum absolute atomic E-state index is 6.21. The molecular formula is C25H37BN4O2Zr+. The Bertz CT molecular complexity index is 742. The number of nitrogens with zero attached hydrogens (tertiary/aromatic N) is 4. The Hall–Kier alpha value is -0.972. The number of hydrogen-bond donors (Lipinski definition) is 0. The van der Waals surface area contributed by atoms with Crippen molar-refractivity contribution in [3.8, 4) is 0 Å². The molecule has 1 aliphatic carbocycles. The predicted molar refractivity (Wildman–Crippen MR) is 138 cm³/mol. The van der Waals surface area contributed by atoms with Crippen molar-refractivity contribution in [1.82, 2.24) is 0 Å². The zero-order chi connectivity index (χ0) is 23.8. The van der Waals surface area contributed by atoms with Crippen LogP contribution in [0.3, 0.4) is 0 Å². The minimum Gasteiger partial charge on any atom is -0.668 e. The van der Waals surface area contributed by atoms with Gasteiger partial charge in [0.25, 0.3) is 0 Å². The molecule has 0 spiro atoms. The van der Waals surface area contributed by atoms with Crippen LogP contribution >= 0.6 is 0 Å². The van der Waals surface area contributed by atoms with Gasteiger partial charge in [0.1, 0.15) is 13.2 Å². The first kappa shape index (κ1) is 30.1. The van der Waals surface area contributed by atoms with Crippen LogP contribution in [0.5, 0.6) is 0 Å². The minimum atomic E-state index is -1.65. The summed E-state index contributed by atoms with van der Waals surface area (Å²) in [5, 5.41) is 7.00. The molecule has 0 aromatic heterocycles. The van der Waals surface area contributed by atoms with Crippen LogP contribution in [0, 0.1) is 31.5 Å². The third-order valence-electron chi connectivity index (χ3n) is 5.20. The number of aliphatic imine (C=N–C) groups is 2. The molecule has 1 aromatic carbocycles. The normalized spacial score (nSPS) is 20.6. The van der Waals surface area contributed by atoms with E-state index in [0.29, 0.717) is 13.2 Å². The standard InChI is InChI=1S/C21H25BN2O2.2C2H6N.Zr/c1-20(2)14-25-18(23-20)22(17-12-8-9-13-17,16-10-6-5-7-11-16)19-24-21(3,4)15-26-19;2*1-3-2;/h5-13H,14-15H2,1-4H3;2*1-2H3;/q3*-1;+4. The average molecular weight is 528 g/mol. The maximum Gasteiger partial charge on any atom is 4.00 e. The van der Waals surface area contributed by atoms with Crippen molar-refractivity contribution in [1.29, 1.82) is 0 Å². The van der Waals surface area contributed by atoms with E-state index in [1.807, 2.05) is 6.07 Å². The monoisotopic (exact) mass is 526 g/mol. The molecule has 0 amide bonds. The van der Waals surface area contributed by atoms with Gasteiger partial charge in [0.2, 0.25) is 6.15 Å². The van der Waals surface area contributed by atoms with E-state index in [9.17, 15) is 0 Å². The number of rotatable bonds is 4. The molecule has 0 unspecified atom stereocenters. The van der Waals surface area contributed by atoms with Crippen LogP contribution in [0.15, 0.2) is 40.3 Å². The van der Waals surface area contributed by atoms with Crippen molar-refractivity contribution in [3.63, 3.8) is 0 Å². The van der Waals surface area contributed by atoms with Gasteiger partial charge in [-0.15, -0.1) is 0 Å². The van der Waals surface area contributed by atoms with Gasteiger partial charge in [-0.25, -0.2) is 0 Å². The molecular weight excluding hydrogens is 490 g/mol. The van der Waals surface area contributed by atoms with E-state index in [2.05, 4.69) is 88.3 Å². The number of benzene rings is 1. The van der Waals surface area contributed by atoms with Crippen molar-refractivity contribution >= 4 is 23.2 Å². The molecule has 0 saturated heterocycles. The van der Waals surface area contributed by atoms with Gasteiger partial charge in [0.15, 0.2) is 0 Å². The first-order valence-corrected chi connectivity index (χ1v) is 11.0. The second-order valence-corrected chi connectivity index (χ2v) is 9.49. The van der Waals surface area contributed by atoms with Crippen molar-refractivity contribution in [2.75, 3.05) is 41.4 Å². The summed E-state index contributed by atoms with van der Waals surface area (Å²) in [6, 6.07) is 10.4. The Kier molecular flexibility index (Phi) is 12.0. The quantitative estimate of drug-likeness (QED) is 0.555. The molecule has 0 N–H and O–H groups in total. The van der Waals surface area contributed by atoms with Crippen LogP contribution in [-0.4, -0.2) is 70.2 Å². The SMILES string of the molecule is CC1(C)COC([B-]([C]2[CH][CH][CH][CH]2)(C2=NC(C)(C)CO2)c2ccccc2)=N1.C[N-]C.C[N-]C.[Zr+4]. The van der Waals surface area contributed by atoms with Crippen LogP contribution in [0.2, 0.25) is 0 Å². The van der Waals surface area contributed by atoms with Crippen molar-refractivity contribution in [3.05, 3.63) is 72.5 Å². The van der Waals surface area contributed by atoms with Gasteiger partial charge in [-0.2, -0.15) is 39.5 Å². The predicted octanol–water partition coefficient (Wildman–Crippen LogP) is 4.02. The summed E-state index contributed by atoms with van der Waals surface area (Å²) >= 11 is 0. The molecule has 0 bridgehead atoms. The Morgan fingerprint density at radius 1 is 0.758 bits per heavy atom. The second-order valence-electron chi connectivity index (χ2n) is 9.49. The Morgan fingerprint density at radius 2 is 1.15 bits per heavy atom. The molecule has 1 fully saturated rings.